The third kappa shape index (κ3) is 3.76. The van der Waals surface area contributed by atoms with Gasteiger partial charge in [0, 0.05) is 16.1 Å². The number of hydrogen-bond donors (Lipinski definition) is 3. The minimum atomic E-state index is -3.53. The van der Waals surface area contributed by atoms with Gasteiger partial charge in [-0.2, -0.15) is 0 Å². The fraction of sp³-hybridized carbons (Fsp3) is 0.0625. The molecule has 0 aliphatic heterocycles. The fourth-order valence-corrected chi connectivity index (χ4v) is 3.42. The van der Waals surface area contributed by atoms with Gasteiger partial charge in [0.25, 0.3) is 0 Å². The van der Waals surface area contributed by atoms with Crippen LogP contribution in [0, 0.1) is 0 Å². The maximum atomic E-state index is 12.3. The molecule has 3 aromatic rings. The molecule has 25 heavy (non-hydrogen) atoms. The zero-order valence-corrected chi connectivity index (χ0v) is 14.3. The summed E-state index contributed by atoms with van der Waals surface area (Å²) in [5.41, 5.74) is 2.47. The Morgan fingerprint density at radius 1 is 1.12 bits per heavy atom. The summed E-state index contributed by atoms with van der Waals surface area (Å²) in [6, 6.07) is 12.2. The Kier molecular flexibility index (Phi) is 4.67. The molecule has 2 aromatic carbocycles. The van der Waals surface area contributed by atoms with Gasteiger partial charge in [-0.1, -0.05) is 11.6 Å². The highest BCUT2D eigenvalue weighted by molar-refractivity contribution is 7.91. The minimum Gasteiger partial charge on any atom is -0.451 e. The first-order valence-electron chi connectivity index (χ1n) is 7.09. The van der Waals surface area contributed by atoms with Crippen molar-refractivity contribution in [3.8, 4) is 0 Å². The second-order valence-electron chi connectivity index (χ2n) is 5.19. The van der Waals surface area contributed by atoms with Gasteiger partial charge < -0.3 is 9.73 Å². The lowest BCUT2D eigenvalue weighted by Crippen LogP contribution is -2.17. The summed E-state index contributed by atoms with van der Waals surface area (Å²) < 4.78 is 29.9. The lowest BCUT2D eigenvalue weighted by Gasteiger charge is -2.08. The van der Waals surface area contributed by atoms with Crippen LogP contribution in [0.25, 0.3) is 11.0 Å². The number of sulfone groups is 1. The summed E-state index contributed by atoms with van der Waals surface area (Å²) in [5, 5.41) is 12.5. The van der Waals surface area contributed by atoms with Crippen LogP contribution in [0.4, 0.5) is 5.69 Å². The number of hydroxylamine groups is 1. The monoisotopic (exact) mass is 380 g/mol. The number of carbonyl (C=O) groups is 1. The molecule has 9 heteroatoms. The Balaban J connectivity index is 1.78. The fourth-order valence-electron chi connectivity index (χ4n) is 2.22. The van der Waals surface area contributed by atoms with Crippen LogP contribution in [0.5, 0.6) is 0 Å². The first kappa shape index (κ1) is 17.3. The van der Waals surface area contributed by atoms with E-state index in [2.05, 4.69) is 5.32 Å². The molecule has 0 radical (unpaired) electrons. The van der Waals surface area contributed by atoms with Crippen molar-refractivity contribution in [3.63, 3.8) is 0 Å². The van der Waals surface area contributed by atoms with E-state index in [4.69, 9.17) is 21.2 Å². The largest absolute Gasteiger partial charge is 0.451 e. The smallest absolute Gasteiger partial charge is 0.310 e. The molecule has 3 rings (SSSR count). The summed E-state index contributed by atoms with van der Waals surface area (Å²) in [6.07, 6.45) is 0. The van der Waals surface area contributed by atoms with Crippen molar-refractivity contribution >= 4 is 44.0 Å². The molecule has 3 N–H and O–H groups in total. The molecule has 1 heterocycles. The number of hydrogen-bond acceptors (Lipinski definition) is 6. The van der Waals surface area contributed by atoms with Crippen molar-refractivity contribution in [3.05, 3.63) is 59.3 Å². The van der Waals surface area contributed by atoms with Crippen molar-refractivity contribution in [2.75, 3.05) is 11.2 Å². The van der Waals surface area contributed by atoms with Crippen LogP contribution in [0.1, 0.15) is 10.6 Å². The van der Waals surface area contributed by atoms with Gasteiger partial charge in [-0.05, 0) is 48.5 Å². The molecule has 0 saturated heterocycles. The number of benzene rings is 2. The topological polar surface area (TPSA) is 109 Å². The second kappa shape index (κ2) is 6.75. The van der Waals surface area contributed by atoms with Crippen LogP contribution in [0.3, 0.4) is 0 Å². The summed E-state index contributed by atoms with van der Waals surface area (Å²) >= 11 is 5.76. The Hall–Kier alpha value is -2.55. The normalized spacial score (nSPS) is 11.4. The predicted octanol–water partition coefficient (Wildman–Crippen LogP) is 3.05. The number of carbonyl (C=O) groups excluding carboxylic acids is 1. The molecule has 0 atom stereocenters. The van der Waals surface area contributed by atoms with Crippen LogP contribution >= 0.6 is 11.6 Å². The van der Waals surface area contributed by atoms with E-state index in [0.717, 1.165) is 0 Å². The highest BCUT2D eigenvalue weighted by Gasteiger charge is 2.15. The van der Waals surface area contributed by atoms with E-state index in [1.54, 1.807) is 18.2 Å². The van der Waals surface area contributed by atoms with Gasteiger partial charge >= 0.3 is 5.91 Å². The average Bonchev–Trinajstić information content (AvgIpc) is 3.03. The van der Waals surface area contributed by atoms with E-state index >= 15 is 0 Å². The van der Waals surface area contributed by atoms with Gasteiger partial charge in [0.05, 0.1) is 4.90 Å². The van der Waals surface area contributed by atoms with E-state index in [1.807, 2.05) is 0 Å². The second-order valence-corrected chi connectivity index (χ2v) is 7.62. The maximum Gasteiger partial charge on any atom is 0.310 e. The third-order valence-corrected chi connectivity index (χ3v) is 5.25. The molecule has 0 spiro atoms. The zero-order chi connectivity index (χ0) is 18.0. The van der Waals surface area contributed by atoms with Gasteiger partial charge in [-0.25, -0.2) is 13.9 Å². The molecule has 1 aromatic heterocycles. The molecular formula is C16H13ClN2O5S. The van der Waals surface area contributed by atoms with Crippen molar-refractivity contribution < 1.29 is 22.8 Å². The summed E-state index contributed by atoms with van der Waals surface area (Å²) in [5.74, 6) is -1.12. The molecule has 0 aliphatic carbocycles. The van der Waals surface area contributed by atoms with Crippen LogP contribution in [-0.4, -0.2) is 25.4 Å². The van der Waals surface area contributed by atoms with E-state index in [9.17, 15) is 13.2 Å². The number of furan rings is 1. The van der Waals surface area contributed by atoms with E-state index in [0.29, 0.717) is 21.7 Å². The summed E-state index contributed by atoms with van der Waals surface area (Å²) in [6.45, 7) is 0. The molecule has 1 amide bonds. The maximum absolute atomic E-state index is 12.3. The van der Waals surface area contributed by atoms with Crippen LogP contribution in [-0.2, 0) is 9.84 Å². The van der Waals surface area contributed by atoms with Crippen molar-refractivity contribution in [1.29, 1.82) is 0 Å². The third-order valence-electron chi connectivity index (χ3n) is 3.48. The molecule has 0 saturated carbocycles. The quantitative estimate of drug-likeness (QED) is 0.463. The summed E-state index contributed by atoms with van der Waals surface area (Å²) in [4.78, 5) is 11.5. The van der Waals surface area contributed by atoms with E-state index in [-0.39, 0.29) is 16.5 Å². The highest BCUT2D eigenvalue weighted by Crippen LogP contribution is 2.24. The number of rotatable bonds is 5. The number of halogens is 1. The molecule has 0 bridgehead atoms. The number of amides is 1. The molecular weight excluding hydrogens is 368 g/mol. The van der Waals surface area contributed by atoms with Gasteiger partial charge in [0.15, 0.2) is 15.6 Å². The molecule has 0 aliphatic rings. The molecule has 7 nitrogen and oxygen atoms in total. The van der Waals surface area contributed by atoms with Gasteiger partial charge in [-0.3, -0.25) is 10.0 Å². The van der Waals surface area contributed by atoms with Gasteiger partial charge in [-0.15, -0.1) is 0 Å². The Labute approximate surface area is 148 Å². The van der Waals surface area contributed by atoms with Crippen LogP contribution < -0.4 is 10.8 Å². The minimum absolute atomic E-state index is 0.0524. The zero-order valence-electron chi connectivity index (χ0n) is 12.7. The highest BCUT2D eigenvalue weighted by atomic mass is 35.5. The van der Waals surface area contributed by atoms with E-state index in [1.165, 1.54) is 35.8 Å². The lowest BCUT2D eigenvalue weighted by molar-refractivity contribution is 0.0678. The number of anilines is 1. The van der Waals surface area contributed by atoms with Gasteiger partial charge in [0.2, 0.25) is 0 Å². The number of fused-ring (bicyclic) bond motifs is 1. The number of nitrogens with one attached hydrogen (secondary N) is 2. The summed E-state index contributed by atoms with van der Waals surface area (Å²) in [7, 11) is -3.53. The molecule has 0 unspecified atom stereocenters. The van der Waals surface area contributed by atoms with Crippen molar-refractivity contribution in [2.24, 2.45) is 0 Å². The first-order chi connectivity index (χ1) is 11.9. The Bertz CT molecular complexity index is 1030. The molecule has 130 valence electrons. The Morgan fingerprint density at radius 3 is 2.52 bits per heavy atom. The average molecular weight is 381 g/mol. The standard InChI is InChI=1S/C16H13ClN2O5S/c17-11-1-4-13(5-2-11)25(22,23)9-18-12-3-6-14-10(7-12)8-15(24-14)16(20)19-21/h1-8,18,21H,9H2,(H,19,20). The van der Waals surface area contributed by atoms with Crippen LogP contribution in [0.2, 0.25) is 5.02 Å². The van der Waals surface area contributed by atoms with Crippen LogP contribution in [0.15, 0.2) is 57.8 Å². The predicted molar refractivity (Wildman–Crippen MR) is 92.6 cm³/mol. The van der Waals surface area contributed by atoms with Gasteiger partial charge in [0.1, 0.15) is 11.5 Å². The van der Waals surface area contributed by atoms with Crippen molar-refractivity contribution in [1.82, 2.24) is 5.48 Å². The Morgan fingerprint density at radius 2 is 1.84 bits per heavy atom. The molecule has 0 fully saturated rings. The van der Waals surface area contributed by atoms with Crippen molar-refractivity contribution in [2.45, 2.75) is 4.90 Å². The lowest BCUT2D eigenvalue weighted by atomic mass is 10.2. The SMILES string of the molecule is O=C(NO)c1cc2cc(NCS(=O)(=O)c3ccc(Cl)cc3)ccc2o1. The first-order valence-corrected chi connectivity index (χ1v) is 9.12. The van der Waals surface area contributed by atoms with E-state index < -0.39 is 15.7 Å².